The molecule has 0 saturated heterocycles. The SMILES string of the molecule is Cc1ccccc1C(=O)OC1C(OC(=O)c2ccccc2C)C2(C(C)C)CCC1(C)CC2. The zero-order valence-electron chi connectivity index (χ0n) is 19.8. The summed E-state index contributed by atoms with van der Waals surface area (Å²) >= 11 is 0. The highest BCUT2D eigenvalue weighted by Gasteiger charge is 2.63. The number of fused-ring (bicyclic) bond motifs is 3. The van der Waals surface area contributed by atoms with E-state index in [0.717, 1.165) is 36.8 Å². The minimum absolute atomic E-state index is 0.188. The molecule has 2 aromatic rings. The minimum atomic E-state index is -0.465. The quantitative estimate of drug-likeness (QED) is 0.519. The molecular formula is C28H34O4. The summed E-state index contributed by atoms with van der Waals surface area (Å²) < 4.78 is 12.5. The summed E-state index contributed by atoms with van der Waals surface area (Å²) in [5.41, 5.74) is 2.52. The highest BCUT2D eigenvalue weighted by atomic mass is 16.6. The Bertz CT molecular complexity index is 1010. The molecule has 0 heterocycles. The van der Waals surface area contributed by atoms with Crippen molar-refractivity contribution in [1.82, 2.24) is 0 Å². The Morgan fingerprint density at radius 1 is 0.781 bits per heavy atom. The number of benzene rings is 2. The summed E-state index contributed by atoms with van der Waals surface area (Å²) in [6.45, 7) is 10.4. The first-order valence-electron chi connectivity index (χ1n) is 11.7. The Morgan fingerprint density at radius 3 is 1.66 bits per heavy atom. The molecule has 2 aromatic carbocycles. The van der Waals surface area contributed by atoms with Crippen LogP contribution in [-0.4, -0.2) is 24.1 Å². The van der Waals surface area contributed by atoms with Gasteiger partial charge in [-0.3, -0.25) is 0 Å². The van der Waals surface area contributed by atoms with Crippen LogP contribution in [0.5, 0.6) is 0 Å². The van der Waals surface area contributed by atoms with E-state index in [1.54, 1.807) is 12.1 Å². The predicted molar refractivity (Wildman–Crippen MR) is 125 cm³/mol. The Kier molecular flexibility index (Phi) is 5.91. The monoisotopic (exact) mass is 434 g/mol. The summed E-state index contributed by atoms with van der Waals surface area (Å²) in [7, 11) is 0. The maximum atomic E-state index is 13.3. The summed E-state index contributed by atoms with van der Waals surface area (Å²) in [5.74, 6) is -0.361. The van der Waals surface area contributed by atoms with Crippen molar-refractivity contribution in [2.45, 2.75) is 72.5 Å². The van der Waals surface area contributed by atoms with Crippen molar-refractivity contribution in [2.24, 2.45) is 16.7 Å². The smallest absolute Gasteiger partial charge is 0.338 e. The molecule has 4 nitrogen and oxygen atoms in total. The molecule has 3 aliphatic carbocycles. The molecule has 0 radical (unpaired) electrons. The van der Waals surface area contributed by atoms with Gasteiger partial charge >= 0.3 is 11.9 Å². The van der Waals surface area contributed by atoms with E-state index in [-0.39, 0.29) is 22.8 Å². The van der Waals surface area contributed by atoms with Gasteiger partial charge in [0.1, 0.15) is 12.2 Å². The van der Waals surface area contributed by atoms with Gasteiger partial charge in [0.25, 0.3) is 0 Å². The zero-order chi connectivity index (χ0) is 23.1. The second-order valence-electron chi connectivity index (χ2n) is 10.3. The fourth-order valence-corrected chi connectivity index (χ4v) is 5.77. The van der Waals surface area contributed by atoms with E-state index in [1.165, 1.54) is 0 Å². The average Bonchev–Trinajstić information content (AvgIpc) is 2.76. The highest BCUT2D eigenvalue weighted by molar-refractivity contribution is 5.92. The Balaban J connectivity index is 1.70. The predicted octanol–water partition coefficient (Wildman–Crippen LogP) is 6.29. The van der Waals surface area contributed by atoms with Crippen molar-refractivity contribution in [3.05, 3.63) is 70.8 Å². The number of esters is 2. The molecule has 170 valence electrons. The fraction of sp³-hybridized carbons (Fsp3) is 0.500. The van der Waals surface area contributed by atoms with Crippen LogP contribution >= 0.6 is 0 Å². The van der Waals surface area contributed by atoms with Crippen LogP contribution in [0.25, 0.3) is 0 Å². The minimum Gasteiger partial charge on any atom is -0.454 e. The molecule has 3 saturated carbocycles. The van der Waals surface area contributed by atoms with Gasteiger partial charge in [0.15, 0.2) is 0 Å². The second-order valence-corrected chi connectivity index (χ2v) is 10.3. The van der Waals surface area contributed by atoms with Crippen LogP contribution in [0.3, 0.4) is 0 Å². The fourth-order valence-electron chi connectivity index (χ4n) is 5.77. The summed E-state index contributed by atoms with van der Waals surface area (Å²) in [6, 6.07) is 15.0. The van der Waals surface area contributed by atoms with E-state index < -0.39 is 12.2 Å². The van der Waals surface area contributed by atoms with Crippen LogP contribution in [0.15, 0.2) is 48.5 Å². The van der Waals surface area contributed by atoms with Crippen molar-refractivity contribution in [3.8, 4) is 0 Å². The van der Waals surface area contributed by atoms with E-state index in [0.29, 0.717) is 17.0 Å². The van der Waals surface area contributed by atoms with E-state index in [4.69, 9.17) is 9.47 Å². The molecule has 2 unspecified atom stereocenters. The van der Waals surface area contributed by atoms with Gasteiger partial charge in [0.2, 0.25) is 0 Å². The molecule has 0 aromatic heterocycles. The highest BCUT2D eigenvalue weighted by Crippen LogP contribution is 2.61. The van der Waals surface area contributed by atoms with Crippen molar-refractivity contribution in [3.63, 3.8) is 0 Å². The first kappa shape index (κ1) is 22.6. The molecule has 2 bridgehead atoms. The number of ether oxygens (including phenoxy) is 2. The molecule has 0 aliphatic heterocycles. The van der Waals surface area contributed by atoms with E-state index >= 15 is 0 Å². The van der Waals surface area contributed by atoms with Crippen molar-refractivity contribution < 1.29 is 19.1 Å². The van der Waals surface area contributed by atoms with E-state index in [2.05, 4.69) is 20.8 Å². The molecule has 0 amide bonds. The maximum absolute atomic E-state index is 13.3. The third-order valence-electron chi connectivity index (χ3n) is 8.20. The molecule has 0 N–H and O–H groups in total. The number of hydrogen-bond donors (Lipinski definition) is 0. The lowest BCUT2D eigenvalue weighted by molar-refractivity contribution is -0.210. The lowest BCUT2D eigenvalue weighted by Crippen LogP contribution is -2.64. The number of rotatable bonds is 5. The molecule has 5 rings (SSSR count). The normalized spacial score (nSPS) is 29.1. The van der Waals surface area contributed by atoms with Crippen LogP contribution < -0.4 is 0 Å². The van der Waals surface area contributed by atoms with Gasteiger partial charge in [0.05, 0.1) is 11.1 Å². The first-order valence-corrected chi connectivity index (χ1v) is 11.7. The first-order chi connectivity index (χ1) is 15.2. The molecular weight excluding hydrogens is 400 g/mol. The van der Waals surface area contributed by atoms with Gasteiger partial charge in [-0.15, -0.1) is 0 Å². The molecule has 32 heavy (non-hydrogen) atoms. The van der Waals surface area contributed by atoms with Crippen LogP contribution in [0.2, 0.25) is 0 Å². The molecule has 2 atom stereocenters. The van der Waals surface area contributed by atoms with Gasteiger partial charge in [-0.2, -0.15) is 0 Å². The van der Waals surface area contributed by atoms with Gasteiger partial charge < -0.3 is 9.47 Å². The van der Waals surface area contributed by atoms with E-state index in [1.807, 2.05) is 50.2 Å². The van der Waals surface area contributed by atoms with Gasteiger partial charge in [-0.25, -0.2) is 9.59 Å². The van der Waals surface area contributed by atoms with Crippen molar-refractivity contribution >= 4 is 11.9 Å². The number of aryl methyl sites for hydroxylation is 2. The van der Waals surface area contributed by atoms with Crippen molar-refractivity contribution in [1.29, 1.82) is 0 Å². The van der Waals surface area contributed by atoms with E-state index in [9.17, 15) is 9.59 Å². The third kappa shape index (κ3) is 3.74. The third-order valence-corrected chi connectivity index (χ3v) is 8.20. The van der Waals surface area contributed by atoms with Gasteiger partial charge in [-0.05, 0) is 68.7 Å². The standard InChI is InChI=1S/C28H34O4/c1-18(2)28-16-14-27(5,15-17-28)23(31-25(29)21-12-8-6-10-19(21)3)24(28)32-26(30)22-13-9-7-11-20(22)4/h6-13,18,23-24H,14-17H2,1-5H3. The molecule has 3 fully saturated rings. The average molecular weight is 435 g/mol. The van der Waals surface area contributed by atoms with Gasteiger partial charge in [0, 0.05) is 10.8 Å². The largest absolute Gasteiger partial charge is 0.454 e. The van der Waals surface area contributed by atoms with Crippen LogP contribution in [0.1, 0.15) is 78.3 Å². The van der Waals surface area contributed by atoms with Crippen molar-refractivity contribution in [2.75, 3.05) is 0 Å². The van der Waals surface area contributed by atoms with Gasteiger partial charge in [-0.1, -0.05) is 57.2 Å². The molecule has 3 aliphatic rings. The molecule has 4 heteroatoms. The van der Waals surface area contributed by atoms with Crippen LogP contribution in [-0.2, 0) is 9.47 Å². The summed E-state index contributed by atoms with van der Waals surface area (Å²) in [5, 5.41) is 0. The topological polar surface area (TPSA) is 52.6 Å². The lowest BCUT2D eigenvalue weighted by Gasteiger charge is -2.61. The maximum Gasteiger partial charge on any atom is 0.338 e. The Labute approximate surface area is 191 Å². The van der Waals surface area contributed by atoms with Crippen LogP contribution in [0.4, 0.5) is 0 Å². The summed E-state index contributed by atoms with van der Waals surface area (Å²) in [6.07, 6.45) is 2.96. The number of carbonyl (C=O) groups is 2. The number of hydrogen-bond acceptors (Lipinski definition) is 4. The Hall–Kier alpha value is -2.62. The lowest BCUT2D eigenvalue weighted by atomic mass is 9.48. The second kappa shape index (κ2) is 8.38. The Morgan fingerprint density at radius 2 is 1.22 bits per heavy atom. The zero-order valence-corrected chi connectivity index (χ0v) is 19.8. The summed E-state index contributed by atoms with van der Waals surface area (Å²) in [4.78, 5) is 26.5. The number of carbonyl (C=O) groups excluding carboxylic acids is 2. The molecule has 0 spiro atoms. The van der Waals surface area contributed by atoms with Crippen LogP contribution in [0, 0.1) is 30.6 Å².